The van der Waals surface area contributed by atoms with Gasteiger partial charge in [-0.3, -0.25) is 9.59 Å². The Kier molecular flexibility index (Phi) is 29.6. The van der Waals surface area contributed by atoms with Crippen LogP contribution in [-0.2, 0) is 9.59 Å². The maximum atomic E-state index is 10.8. The molecular weight excluding hydrogens is 496 g/mol. The largest absolute Gasteiger partial charge is 0.481 e. The minimum Gasteiger partial charge on any atom is -0.481 e. The van der Waals surface area contributed by atoms with E-state index >= 15 is 0 Å². The number of unbranched alkanes of at least 4 members (excludes halogenated alkanes) is 20. The average Bonchev–Trinajstić information content (AvgIpc) is 2.92. The fourth-order valence-corrected chi connectivity index (χ4v) is 5.88. The molecule has 0 rings (SSSR count). The van der Waals surface area contributed by atoms with Crippen LogP contribution in [0.5, 0.6) is 0 Å². The highest BCUT2D eigenvalue weighted by Gasteiger charge is 2.14. The molecule has 40 heavy (non-hydrogen) atoms. The lowest BCUT2D eigenvalue weighted by molar-refractivity contribution is -0.138. The molecule has 0 aliphatic heterocycles. The van der Waals surface area contributed by atoms with Crippen LogP contribution in [0.1, 0.15) is 200 Å². The monoisotopic (exact) mass is 565 g/mol. The third-order valence-corrected chi connectivity index (χ3v) is 8.44. The molecule has 4 heteroatoms. The summed E-state index contributed by atoms with van der Waals surface area (Å²) in [4.78, 5) is 21.5. The molecule has 236 valence electrons. The van der Waals surface area contributed by atoms with Crippen LogP contribution in [0.4, 0.5) is 0 Å². The summed E-state index contributed by atoms with van der Waals surface area (Å²) in [6.45, 7) is 4.57. The Morgan fingerprint density at radius 2 is 0.825 bits per heavy atom. The zero-order chi connectivity index (χ0) is 29.5. The molecule has 1 atom stereocenters. The molecule has 0 aromatic rings. The second-order valence-corrected chi connectivity index (χ2v) is 12.3. The van der Waals surface area contributed by atoms with Crippen molar-refractivity contribution in [3.8, 4) is 0 Å². The van der Waals surface area contributed by atoms with Gasteiger partial charge in [0.25, 0.3) is 0 Å². The van der Waals surface area contributed by atoms with Crippen LogP contribution < -0.4 is 0 Å². The van der Waals surface area contributed by atoms with Crippen LogP contribution in [0, 0.1) is 5.92 Å². The minimum absolute atomic E-state index is 0.309. The van der Waals surface area contributed by atoms with Crippen LogP contribution in [-0.4, -0.2) is 22.2 Å². The van der Waals surface area contributed by atoms with Crippen LogP contribution in [0.2, 0.25) is 0 Å². The molecule has 0 heterocycles. The summed E-state index contributed by atoms with van der Waals surface area (Å²) in [5.74, 6) is -0.610. The third-order valence-electron chi connectivity index (χ3n) is 8.44. The van der Waals surface area contributed by atoms with Gasteiger partial charge < -0.3 is 10.2 Å². The summed E-state index contributed by atoms with van der Waals surface area (Å²) in [5, 5.41) is 17.7. The zero-order valence-corrected chi connectivity index (χ0v) is 26.9. The van der Waals surface area contributed by atoms with Crippen LogP contribution in [0.15, 0.2) is 11.6 Å². The molecule has 0 saturated carbocycles. The SMILES string of the molecule is CCCCCCCC/C=C(\CCCCCCCC(=O)O)C(CCCCCCCC)CCCCCCCCC(=O)O. The highest BCUT2D eigenvalue weighted by molar-refractivity contribution is 5.66. The van der Waals surface area contributed by atoms with E-state index in [9.17, 15) is 9.59 Å². The maximum absolute atomic E-state index is 10.8. The van der Waals surface area contributed by atoms with Gasteiger partial charge in [0.2, 0.25) is 0 Å². The number of carbonyl (C=O) groups is 2. The summed E-state index contributed by atoms with van der Waals surface area (Å²) in [7, 11) is 0. The third kappa shape index (κ3) is 28.2. The van der Waals surface area contributed by atoms with Gasteiger partial charge in [-0.25, -0.2) is 0 Å². The first-order valence-corrected chi connectivity index (χ1v) is 17.6. The Balaban J connectivity index is 4.86. The number of hydrogen-bond donors (Lipinski definition) is 2. The number of aliphatic carboxylic acids is 2. The van der Waals surface area contributed by atoms with Gasteiger partial charge in [-0.05, 0) is 57.3 Å². The van der Waals surface area contributed by atoms with E-state index in [-0.39, 0.29) is 0 Å². The van der Waals surface area contributed by atoms with Gasteiger partial charge in [-0.2, -0.15) is 0 Å². The molecule has 0 spiro atoms. The Labute approximate surface area is 249 Å². The number of carboxylic acid groups (broad SMARTS) is 2. The van der Waals surface area contributed by atoms with Crippen LogP contribution in [0.3, 0.4) is 0 Å². The Morgan fingerprint density at radius 1 is 0.475 bits per heavy atom. The number of rotatable bonds is 32. The molecule has 0 aromatic heterocycles. The highest BCUT2D eigenvalue weighted by atomic mass is 16.4. The summed E-state index contributed by atoms with van der Waals surface area (Å²) < 4.78 is 0. The highest BCUT2D eigenvalue weighted by Crippen LogP contribution is 2.30. The van der Waals surface area contributed by atoms with E-state index in [0.29, 0.717) is 12.8 Å². The van der Waals surface area contributed by atoms with Crippen molar-refractivity contribution in [1.29, 1.82) is 0 Å². The zero-order valence-electron chi connectivity index (χ0n) is 26.9. The quantitative estimate of drug-likeness (QED) is 0.0629. The van der Waals surface area contributed by atoms with Gasteiger partial charge in [0.05, 0.1) is 0 Å². The van der Waals surface area contributed by atoms with E-state index in [1.54, 1.807) is 5.57 Å². The van der Waals surface area contributed by atoms with Crippen LogP contribution in [0.25, 0.3) is 0 Å². The fraction of sp³-hybridized carbons (Fsp3) is 0.889. The first kappa shape index (κ1) is 38.7. The molecule has 0 aliphatic carbocycles. The van der Waals surface area contributed by atoms with Crippen molar-refractivity contribution < 1.29 is 19.8 Å². The van der Waals surface area contributed by atoms with E-state index in [1.165, 1.54) is 135 Å². The fourth-order valence-electron chi connectivity index (χ4n) is 5.88. The lowest BCUT2D eigenvalue weighted by Crippen LogP contribution is -2.06. The number of carboxylic acids is 2. The van der Waals surface area contributed by atoms with Gasteiger partial charge in [0.1, 0.15) is 0 Å². The van der Waals surface area contributed by atoms with Gasteiger partial charge in [0.15, 0.2) is 0 Å². The van der Waals surface area contributed by atoms with Crippen LogP contribution >= 0.6 is 0 Å². The van der Waals surface area contributed by atoms with Crippen molar-refractivity contribution in [3.63, 3.8) is 0 Å². The van der Waals surface area contributed by atoms with Crippen molar-refractivity contribution in [2.75, 3.05) is 0 Å². The minimum atomic E-state index is -0.669. The lowest BCUT2D eigenvalue weighted by Gasteiger charge is -2.22. The molecule has 0 radical (unpaired) electrons. The van der Waals surface area contributed by atoms with E-state index in [2.05, 4.69) is 19.9 Å². The second kappa shape index (κ2) is 30.6. The lowest BCUT2D eigenvalue weighted by atomic mass is 9.84. The summed E-state index contributed by atoms with van der Waals surface area (Å²) in [5.41, 5.74) is 1.73. The van der Waals surface area contributed by atoms with Crippen molar-refractivity contribution in [2.45, 2.75) is 200 Å². The van der Waals surface area contributed by atoms with E-state index in [0.717, 1.165) is 44.4 Å². The predicted octanol–water partition coefficient (Wildman–Crippen LogP) is 12.1. The van der Waals surface area contributed by atoms with E-state index in [4.69, 9.17) is 10.2 Å². The Morgan fingerprint density at radius 3 is 1.25 bits per heavy atom. The van der Waals surface area contributed by atoms with Crippen molar-refractivity contribution in [1.82, 2.24) is 0 Å². The molecule has 0 aromatic carbocycles. The van der Waals surface area contributed by atoms with Gasteiger partial charge in [-0.15, -0.1) is 0 Å². The summed E-state index contributed by atoms with van der Waals surface area (Å²) in [6.07, 6.45) is 36.9. The van der Waals surface area contributed by atoms with E-state index < -0.39 is 11.9 Å². The first-order valence-electron chi connectivity index (χ1n) is 17.6. The Hall–Kier alpha value is -1.32. The van der Waals surface area contributed by atoms with Crippen molar-refractivity contribution >= 4 is 11.9 Å². The molecular formula is C36H68O4. The average molecular weight is 565 g/mol. The molecule has 0 aliphatic rings. The second-order valence-electron chi connectivity index (χ2n) is 12.3. The molecule has 0 amide bonds. The Bertz CT molecular complexity index is 598. The maximum Gasteiger partial charge on any atom is 0.303 e. The molecule has 2 N–H and O–H groups in total. The van der Waals surface area contributed by atoms with Crippen molar-refractivity contribution in [2.24, 2.45) is 5.92 Å². The normalized spacial score (nSPS) is 12.6. The smallest absolute Gasteiger partial charge is 0.303 e. The first-order chi connectivity index (χ1) is 19.5. The van der Waals surface area contributed by atoms with Gasteiger partial charge in [0, 0.05) is 12.8 Å². The molecule has 0 fully saturated rings. The molecule has 0 saturated heterocycles. The van der Waals surface area contributed by atoms with E-state index in [1.807, 2.05) is 0 Å². The topological polar surface area (TPSA) is 74.6 Å². The van der Waals surface area contributed by atoms with Gasteiger partial charge in [-0.1, -0.05) is 147 Å². The molecule has 0 bridgehead atoms. The summed E-state index contributed by atoms with van der Waals surface area (Å²) in [6, 6.07) is 0. The van der Waals surface area contributed by atoms with Gasteiger partial charge >= 0.3 is 11.9 Å². The number of hydrogen-bond acceptors (Lipinski definition) is 2. The molecule has 1 unspecified atom stereocenters. The molecule has 4 nitrogen and oxygen atoms in total. The number of allylic oxidation sites excluding steroid dienone is 2. The predicted molar refractivity (Wildman–Crippen MR) is 172 cm³/mol. The van der Waals surface area contributed by atoms with Crippen molar-refractivity contribution in [3.05, 3.63) is 11.6 Å². The summed E-state index contributed by atoms with van der Waals surface area (Å²) >= 11 is 0. The standard InChI is InChI=1S/C36H68O4/c1-3-5-7-9-11-16-22-28-34(30-24-18-14-20-26-32-36(39)40)33(27-21-15-10-8-6-4-2)29-23-17-12-13-19-25-31-35(37)38/h28,33H,3-27,29-32H2,1-2H3,(H,37,38)(H,39,40)/b34-28+.